The summed E-state index contributed by atoms with van der Waals surface area (Å²) < 4.78 is 17.9. The summed E-state index contributed by atoms with van der Waals surface area (Å²) in [7, 11) is 4.90. The molecule has 1 aromatic heterocycles. The van der Waals surface area contributed by atoms with Crippen LogP contribution in [0.2, 0.25) is 0 Å². The molecule has 162 valence electrons. The van der Waals surface area contributed by atoms with E-state index in [-0.39, 0.29) is 18.0 Å². The highest BCUT2D eigenvalue weighted by atomic mass is 16.6. The van der Waals surface area contributed by atoms with Gasteiger partial charge in [0.25, 0.3) is 11.6 Å². The van der Waals surface area contributed by atoms with Crippen molar-refractivity contribution in [1.82, 2.24) is 14.9 Å². The van der Waals surface area contributed by atoms with Crippen molar-refractivity contribution in [2.24, 2.45) is 7.05 Å². The monoisotopic (exact) mass is 426 g/mol. The molecule has 0 spiro atoms. The Morgan fingerprint density at radius 2 is 1.87 bits per heavy atom. The second-order valence-corrected chi connectivity index (χ2v) is 6.59. The van der Waals surface area contributed by atoms with E-state index in [4.69, 9.17) is 14.2 Å². The number of rotatable bonds is 9. The molecule has 1 heterocycles. The van der Waals surface area contributed by atoms with Gasteiger partial charge < -0.3 is 24.1 Å². The van der Waals surface area contributed by atoms with Crippen LogP contribution in [-0.4, -0.2) is 41.2 Å². The zero-order chi connectivity index (χ0) is 22.4. The lowest BCUT2D eigenvalue weighted by Crippen LogP contribution is -2.34. The molecule has 0 fully saturated rings. The van der Waals surface area contributed by atoms with Crippen LogP contribution in [0.5, 0.6) is 17.2 Å². The number of benzene rings is 2. The van der Waals surface area contributed by atoms with Crippen LogP contribution in [-0.2, 0) is 11.8 Å². The molecule has 1 unspecified atom stereocenters. The van der Waals surface area contributed by atoms with Gasteiger partial charge in [0.15, 0.2) is 6.61 Å². The minimum Gasteiger partial charge on any atom is -0.497 e. The Morgan fingerprint density at radius 1 is 1.16 bits per heavy atom. The highest BCUT2D eigenvalue weighted by Gasteiger charge is 2.23. The van der Waals surface area contributed by atoms with Crippen LogP contribution in [0.25, 0.3) is 0 Å². The first-order chi connectivity index (χ1) is 14.9. The number of hydrogen-bond donors (Lipinski definition) is 1. The number of hydrogen-bond acceptors (Lipinski definition) is 7. The molecule has 0 bridgehead atoms. The lowest BCUT2D eigenvalue weighted by molar-refractivity contribution is -0.384. The van der Waals surface area contributed by atoms with Crippen molar-refractivity contribution in [2.75, 3.05) is 20.8 Å². The van der Waals surface area contributed by atoms with Crippen molar-refractivity contribution < 1.29 is 23.9 Å². The van der Waals surface area contributed by atoms with Crippen LogP contribution in [0.4, 0.5) is 5.69 Å². The largest absolute Gasteiger partial charge is 0.497 e. The van der Waals surface area contributed by atoms with Gasteiger partial charge in [-0.25, -0.2) is 4.98 Å². The lowest BCUT2D eigenvalue weighted by atomic mass is 10.0. The maximum absolute atomic E-state index is 12.7. The molecule has 0 radical (unpaired) electrons. The average molecular weight is 426 g/mol. The number of ether oxygens (including phenoxy) is 3. The van der Waals surface area contributed by atoms with E-state index in [1.54, 1.807) is 55.4 Å². The fraction of sp³-hybridized carbons (Fsp3) is 0.238. The number of carbonyl (C=O) groups is 1. The van der Waals surface area contributed by atoms with Gasteiger partial charge >= 0.3 is 0 Å². The summed E-state index contributed by atoms with van der Waals surface area (Å²) in [6.45, 7) is -0.330. The first-order valence-electron chi connectivity index (χ1n) is 9.28. The van der Waals surface area contributed by atoms with Crippen LogP contribution in [0.1, 0.15) is 17.4 Å². The predicted molar refractivity (Wildman–Crippen MR) is 111 cm³/mol. The third-order valence-corrected chi connectivity index (χ3v) is 4.53. The molecule has 0 aliphatic heterocycles. The molecule has 1 N–H and O–H groups in total. The first kappa shape index (κ1) is 21.6. The Balaban J connectivity index is 1.81. The Labute approximate surface area is 178 Å². The number of nitro groups is 1. The number of aromatic nitrogens is 2. The molecule has 10 heteroatoms. The molecule has 10 nitrogen and oxygen atoms in total. The minimum absolute atomic E-state index is 0.118. The third kappa shape index (κ3) is 5.30. The Kier molecular flexibility index (Phi) is 6.71. The van der Waals surface area contributed by atoms with E-state index < -0.39 is 16.9 Å². The molecule has 0 saturated carbocycles. The molecule has 0 aliphatic rings. The summed E-state index contributed by atoms with van der Waals surface area (Å²) in [5.74, 6) is 1.52. The quantitative estimate of drug-likeness (QED) is 0.413. The lowest BCUT2D eigenvalue weighted by Gasteiger charge is -2.20. The predicted octanol–water partition coefficient (Wildman–Crippen LogP) is 2.63. The van der Waals surface area contributed by atoms with Crippen molar-refractivity contribution in [3.8, 4) is 17.2 Å². The minimum atomic E-state index is -0.606. The molecule has 31 heavy (non-hydrogen) atoms. The fourth-order valence-electron chi connectivity index (χ4n) is 2.99. The number of nitro benzene ring substituents is 1. The number of aryl methyl sites for hydroxylation is 1. The van der Waals surface area contributed by atoms with Gasteiger partial charge in [0.05, 0.1) is 25.2 Å². The van der Waals surface area contributed by atoms with Gasteiger partial charge in [0, 0.05) is 31.6 Å². The van der Waals surface area contributed by atoms with Crippen LogP contribution >= 0.6 is 0 Å². The number of carbonyl (C=O) groups excluding carboxylic acids is 1. The first-order valence-corrected chi connectivity index (χ1v) is 9.28. The molecule has 3 aromatic rings. The molecular weight excluding hydrogens is 404 g/mol. The second-order valence-electron chi connectivity index (χ2n) is 6.59. The van der Waals surface area contributed by atoms with E-state index in [0.717, 1.165) is 0 Å². The molecule has 1 atom stereocenters. The van der Waals surface area contributed by atoms with E-state index >= 15 is 0 Å². The normalized spacial score (nSPS) is 11.5. The Hall–Kier alpha value is -4.08. The van der Waals surface area contributed by atoms with Crippen LogP contribution < -0.4 is 19.5 Å². The zero-order valence-electron chi connectivity index (χ0n) is 17.3. The Bertz CT molecular complexity index is 1060. The van der Waals surface area contributed by atoms with Gasteiger partial charge in [-0.2, -0.15) is 0 Å². The van der Waals surface area contributed by atoms with Crippen LogP contribution in [0, 0.1) is 10.1 Å². The summed E-state index contributed by atoms with van der Waals surface area (Å²) in [6, 6.07) is 10.3. The van der Waals surface area contributed by atoms with Crippen LogP contribution in [0.15, 0.2) is 54.9 Å². The summed E-state index contributed by atoms with van der Waals surface area (Å²) in [5.41, 5.74) is 0.585. The van der Waals surface area contributed by atoms with Crippen molar-refractivity contribution in [1.29, 1.82) is 0 Å². The van der Waals surface area contributed by atoms with Crippen molar-refractivity contribution in [2.45, 2.75) is 6.04 Å². The second kappa shape index (κ2) is 9.61. The maximum Gasteiger partial charge on any atom is 0.273 e. The summed E-state index contributed by atoms with van der Waals surface area (Å²) >= 11 is 0. The van der Waals surface area contributed by atoms with E-state index in [0.29, 0.717) is 22.9 Å². The van der Waals surface area contributed by atoms with Gasteiger partial charge in [-0.15, -0.1) is 0 Å². The van der Waals surface area contributed by atoms with Gasteiger partial charge in [-0.1, -0.05) is 6.07 Å². The molecule has 0 saturated heterocycles. The number of methoxy groups -OCH3 is 2. The topological polar surface area (TPSA) is 118 Å². The van der Waals surface area contributed by atoms with Crippen molar-refractivity contribution >= 4 is 11.6 Å². The van der Waals surface area contributed by atoms with Gasteiger partial charge in [-0.05, 0) is 23.8 Å². The third-order valence-electron chi connectivity index (χ3n) is 4.53. The standard InChI is InChI=1S/C21H22N4O6/c1-24-8-7-22-21(24)20(14-9-17(29-2)12-18(10-14)30-3)23-19(26)13-31-16-6-4-5-15(11-16)25(27)28/h4-12,20H,13H2,1-3H3,(H,23,26). The molecule has 0 aliphatic carbocycles. The maximum atomic E-state index is 12.7. The SMILES string of the molecule is COc1cc(OC)cc(C(NC(=O)COc2cccc([N+](=O)[O-])c2)c2nccn2C)c1. The number of nitrogens with one attached hydrogen (secondary N) is 1. The molecule has 3 rings (SSSR count). The molecule has 1 amide bonds. The van der Waals surface area contributed by atoms with Crippen LogP contribution in [0.3, 0.4) is 0 Å². The molecular formula is C21H22N4O6. The van der Waals surface area contributed by atoms with Gasteiger partial charge in [0.1, 0.15) is 29.1 Å². The van der Waals surface area contributed by atoms with Gasteiger partial charge in [0.2, 0.25) is 0 Å². The number of amides is 1. The number of imidazole rings is 1. The summed E-state index contributed by atoms with van der Waals surface area (Å²) in [5, 5.41) is 13.8. The van der Waals surface area contributed by atoms with Crippen molar-refractivity contribution in [3.05, 3.63) is 76.4 Å². The highest BCUT2D eigenvalue weighted by molar-refractivity contribution is 5.78. The van der Waals surface area contributed by atoms with E-state index in [2.05, 4.69) is 10.3 Å². The summed E-state index contributed by atoms with van der Waals surface area (Å²) in [4.78, 5) is 27.4. The highest BCUT2D eigenvalue weighted by Crippen LogP contribution is 2.29. The molecule has 2 aromatic carbocycles. The van der Waals surface area contributed by atoms with Crippen molar-refractivity contribution in [3.63, 3.8) is 0 Å². The zero-order valence-corrected chi connectivity index (χ0v) is 17.3. The van der Waals surface area contributed by atoms with E-state index in [1.165, 1.54) is 18.2 Å². The summed E-state index contributed by atoms with van der Waals surface area (Å²) in [6.07, 6.45) is 3.40. The number of non-ortho nitro benzene ring substituents is 1. The smallest absolute Gasteiger partial charge is 0.273 e. The number of nitrogens with zero attached hydrogens (tertiary/aromatic N) is 3. The van der Waals surface area contributed by atoms with Gasteiger partial charge in [-0.3, -0.25) is 14.9 Å². The fourth-order valence-corrected chi connectivity index (χ4v) is 2.99. The average Bonchev–Trinajstić information content (AvgIpc) is 3.21. The Morgan fingerprint density at radius 3 is 2.45 bits per heavy atom. The van der Waals surface area contributed by atoms with E-state index in [1.807, 2.05) is 7.05 Å². The van der Waals surface area contributed by atoms with E-state index in [9.17, 15) is 14.9 Å².